The molecule has 0 aromatic heterocycles. The Morgan fingerprint density at radius 3 is 2.16 bits per heavy atom. The third-order valence-corrected chi connectivity index (χ3v) is 4.56. The van der Waals surface area contributed by atoms with Gasteiger partial charge in [0.1, 0.15) is 0 Å². The molecule has 3 aliphatic heterocycles. The summed E-state index contributed by atoms with van der Waals surface area (Å²) in [4.78, 5) is 26.3. The number of nitrogens with zero attached hydrogens (tertiary/aromatic N) is 1. The molecule has 2 bridgehead atoms. The highest BCUT2D eigenvalue weighted by molar-refractivity contribution is 6.06. The van der Waals surface area contributed by atoms with Crippen LogP contribution in [0.5, 0.6) is 0 Å². The molecule has 0 unspecified atom stereocenters. The summed E-state index contributed by atoms with van der Waals surface area (Å²) in [5.41, 5.74) is 0.998. The standard InChI is InChI=1S/C15H15NO3/c17-14-12-10-6-7-11(19-10)13(12)15(18)16(14)8-9-4-2-1-3-5-9/h1-5,10-13H,6-8H2/t10-,11+,12+,13-. The molecule has 2 amide bonds. The molecule has 4 atom stereocenters. The molecule has 1 aromatic carbocycles. The van der Waals surface area contributed by atoms with Crippen molar-refractivity contribution >= 4 is 11.8 Å². The molecule has 3 aliphatic rings. The molecule has 1 aromatic rings. The third kappa shape index (κ3) is 1.49. The zero-order valence-corrected chi connectivity index (χ0v) is 10.5. The fourth-order valence-corrected chi connectivity index (χ4v) is 3.70. The fraction of sp³-hybridized carbons (Fsp3) is 0.467. The largest absolute Gasteiger partial charge is 0.373 e. The molecule has 4 heteroatoms. The molecule has 0 spiro atoms. The highest BCUT2D eigenvalue weighted by Gasteiger charge is 2.62. The SMILES string of the molecule is O=C1[C@@H]2[C@H](C(=O)N1Cc1ccccc1)[C@@H]1CC[C@H]2O1. The fourth-order valence-electron chi connectivity index (χ4n) is 3.70. The van der Waals surface area contributed by atoms with Crippen molar-refractivity contribution in [2.24, 2.45) is 11.8 Å². The quantitative estimate of drug-likeness (QED) is 0.751. The first-order chi connectivity index (χ1) is 9.25. The Balaban J connectivity index is 1.61. The summed E-state index contributed by atoms with van der Waals surface area (Å²) in [5.74, 6) is -0.498. The van der Waals surface area contributed by atoms with Gasteiger partial charge in [0.25, 0.3) is 0 Å². The van der Waals surface area contributed by atoms with Crippen molar-refractivity contribution in [3.8, 4) is 0 Å². The van der Waals surface area contributed by atoms with Crippen LogP contribution < -0.4 is 0 Å². The average molecular weight is 257 g/mol. The summed E-state index contributed by atoms with van der Waals surface area (Å²) in [7, 11) is 0. The van der Waals surface area contributed by atoms with Gasteiger partial charge in [-0.1, -0.05) is 30.3 Å². The molecule has 3 fully saturated rings. The Morgan fingerprint density at radius 2 is 1.58 bits per heavy atom. The minimum atomic E-state index is -0.213. The lowest BCUT2D eigenvalue weighted by Gasteiger charge is -2.17. The molecule has 98 valence electrons. The predicted molar refractivity (Wildman–Crippen MR) is 66.9 cm³/mol. The number of ether oxygens (including phenoxy) is 1. The summed E-state index contributed by atoms with van der Waals surface area (Å²) < 4.78 is 5.71. The second kappa shape index (κ2) is 3.90. The van der Waals surface area contributed by atoms with Crippen LogP contribution in [0.1, 0.15) is 18.4 Å². The molecule has 0 aliphatic carbocycles. The molecule has 4 rings (SSSR count). The zero-order valence-electron chi connectivity index (χ0n) is 10.5. The van der Waals surface area contributed by atoms with Crippen LogP contribution >= 0.6 is 0 Å². The minimum Gasteiger partial charge on any atom is -0.373 e. The van der Waals surface area contributed by atoms with Gasteiger partial charge >= 0.3 is 0 Å². The van der Waals surface area contributed by atoms with Gasteiger partial charge in [0.15, 0.2) is 0 Å². The molecule has 4 nitrogen and oxygen atoms in total. The average Bonchev–Trinajstić information content (AvgIpc) is 3.10. The van der Waals surface area contributed by atoms with E-state index in [9.17, 15) is 9.59 Å². The van der Waals surface area contributed by atoms with Crippen LogP contribution in [0.4, 0.5) is 0 Å². The van der Waals surface area contributed by atoms with E-state index < -0.39 is 0 Å². The van der Waals surface area contributed by atoms with Crippen molar-refractivity contribution in [2.75, 3.05) is 0 Å². The first-order valence-electron chi connectivity index (χ1n) is 6.80. The Hall–Kier alpha value is -1.68. The normalized spacial score (nSPS) is 36.1. The summed E-state index contributed by atoms with van der Waals surface area (Å²) in [6, 6.07) is 9.67. The molecular weight excluding hydrogens is 242 g/mol. The molecule has 0 N–H and O–H groups in total. The van der Waals surface area contributed by atoms with Gasteiger partial charge in [-0.3, -0.25) is 14.5 Å². The monoisotopic (exact) mass is 257 g/mol. The molecule has 19 heavy (non-hydrogen) atoms. The summed E-state index contributed by atoms with van der Waals surface area (Å²) in [6.45, 7) is 0.394. The number of amides is 2. The predicted octanol–water partition coefficient (Wildman–Crippen LogP) is 1.35. The highest BCUT2D eigenvalue weighted by Crippen LogP contribution is 2.48. The Labute approximate surface area is 111 Å². The summed E-state index contributed by atoms with van der Waals surface area (Å²) >= 11 is 0. The number of carbonyl (C=O) groups excluding carboxylic acids is 2. The van der Waals surface area contributed by atoms with Crippen molar-refractivity contribution in [1.82, 2.24) is 4.90 Å². The maximum Gasteiger partial charge on any atom is 0.236 e. The van der Waals surface area contributed by atoms with Gasteiger partial charge in [-0.15, -0.1) is 0 Å². The van der Waals surface area contributed by atoms with E-state index in [0.717, 1.165) is 18.4 Å². The van der Waals surface area contributed by atoms with E-state index >= 15 is 0 Å². The number of carbonyl (C=O) groups is 2. The van der Waals surface area contributed by atoms with Gasteiger partial charge < -0.3 is 4.74 Å². The summed E-state index contributed by atoms with van der Waals surface area (Å²) in [6.07, 6.45) is 1.80. The lowest BCUT2D eigenvalue weighted by Crippen LogP contribution is -2.33. The highest BCUT2D eigenvalue weighted by atomic mass is 16.5. The molecule has 0 radical (unpaired) electrons. The van der Waals surface area contributed by atoms with Gasteiger partial charge in [0, 0.05) is 0 Å². The maximum atomic E-state index is 12.4. The lowest BCUT2D eigenvalue weighted by atomic mass is 9.81. The Bertz CT molecular complexity index is 514. The van der Waals surface area contributed by atoms with E-state index in [-0.39, 0.29) is 35.9 Å². The van der Waals surface area contributed by atoms with E-state index in [1.54, 1.807) is 0 Å². The topological polar surface area (TPSA) is 46.6 Å². The number of fused-ring (bicyclic) bond motifs is 5. The Kier molecular flexibility index (Phi) is 2.30. The first kappa shape index (κ1) is 11.2. The number of hydrogen-bond acceptors (Lipinski definition) is 3. The van der Waals surface area contributed by atoms with Crippen LogP contribution in [-0.2, 0) is 20.9 Å². The lowest BCUT2D eigenvalue weighted by molar-refractivity contribution is -0.143. The van der Waals surface area contributed by atoms with E-state index in [0.29, 0.717) is 6.54 Å². The van der Waals surface area contributed by atoms with Gasteiger partial charge in [-0.2, -0.15) is 0 Å². The van der Waals surface area contributed by atoms with Crippen LogP contribution in [0.15, 0.2) is 30.3 Å². The van der Waals surface area contributed by atoms with Gasteiger partial charge in [-0.25, -0.2) is 0 Å². The van der Waals surface area contributed by atoms with Crippen LogP contribution in [0.3, 0.4) is 0 Å². The van der Waals surface area contributed by atoms with E-state index in [4.69, 9.17) is 4.74 Å². The van der Waals surface area contributed by atoms with Crippen LogP contribution in [0.25, 0.3) is 0 Å². The molecule has 3 saturated heterocycles. The number of hydrogen-bond donors (Lipinski definition) is 0. The minimum absolute atomic E-state index is 0.0211. The third-order valence-electron chi connectivity index (χ3n) is 4.56. The van der Waals surface area contributed by atoms with E-state index in [2.05, 4.69) is 0 Å². The van der Waals surface area contributed by atoms with Gasteiger partial charge in [0.2, 0.25) is 11.8 Å². The molecule has 3 heterocycles. The smallest absolute Gasteiger partial charge is 0.236 e. The number of imide groups is 1. The Morgan fingerprint density at radius 1 is 1.00 bits per heavy atom. The van der Waals surface area contributed by atoms with Crippen molar-refractivity contribution < 1.29 is 14.3 Å². The molecule has 0 saturated carbocycles. The van der Waals surface area contributed by atoms with Crippen LogP contribution in [0, 0.1) is 11.8 Å². The van der Waals surface area contributed by atoms with Crippen molar-refractivity contribution in [1.29, 1.82) is 0 Å². The van der Waals surface area contributed by atoms with Crippen LogP contribution in [0.2, 0.25) is 0 Å². The number of rotatable bonds is 2. The van der Waals surface area contributed by atoms with Crippen molar-refractivity contribution in [2.45, 2.75) is 31.6 Å². The van der Waals surface area contributed by atoms with Crippen molar-refractivity contribution in [3.05, 3.63) is 35.9 Å². The van der Waals surface area contributed by atoms with Crippen molar-refractivity contribution in [3.63, 3.8) is 0 Å². The second-order valence-electron chi connectivity index (χ2n) is 5.59. The second-order valence-corrected chi connectivity index (χ2v) is 5.59. The number of likely N-dealkylation sites (tertiary alicyclic amines) is 1. The first-order valence-corrected chi connectivity index (χ1v) is 6.80. The summed E-state index contributed by atoms with van der Waals surface area (Å²) in [5, 5.41) is 0. The van der Waals surface area contributed by atoms with E-state index in [1.165, 1.54) is 4.90 Å². The van der Waals surface area contributed by atoms with Gasteiger partial charge in [-0.05, 0) is 18.4 Å². The maximum absolute atomic E-state index is 12.4. The number of benzene rings is 1. The molecular formula is C15H15NO3. The zero-order chi connectivity index (χ0) is 13.0. The van der Waals surface area contributed by atoms with Gasteiger partial charge in [0.05, 0.1) is 30.6 Å². The van der Waals surface area contributed by atoms with Crippen LogP contribution in [-0.4, -0.2) is 28.9 Å². The van der Waals surface area contributed by atoms with E-state index in [1.807, 2.05) is 30.3 Å².